The number of nitrogens with zero attached hydrogens (tertiary/aromatic N) is 2. The van der Waals surface area contributed by atoms with E-state index in [4.69, 9.17) is 0 Å². The third-order valence-corrected chi connectivity index (χ3v) is 4.51. The van der Waals surface area contributed by atoms with Gasteiger partial charge >= 0.3 is 0 Å². The highest BCUT2D eigenvalue weighted by atomic mass is 19.1. The fourth-order valence-corrected chi connectivity index (χ4v) is 3.35. The van der Waals surface area contributed by atoms with Crippen molar-refractivity contribution in [1.82, 2.24) is 15.1 Å². The minimum absolute atomic E-state index is 0.159. The number of rotatable bonds is 2. The Hall–Kier alpha value is -2.73. The van der Waals surface area contributed by atoms with Gasteiger partial charge in [-0.3, -0.25) is 9.89 Å². The molecule has 2 atom stereocenters. The number of aromatic amines is 1. The van der Waals surface area contributed by atoms with Gasteiger partial charge in [-0.05, 0) is 36.2 Å². The largest absolute Gasteiger partial charge is 0.391 e. The maximum Gasteiger partial charge on any atom is 0.255 e. The van der Waals surface area contributed by atoms with E-state index in [-0.39, 0.29) is 24.3 Å². The quantitative estimate of drug-likeness (QED) is 0.761. The smallest absolute Gasteiger partial charge is 0.255 e. The summed E-state index contributed by atoms with van der Waals surface area (Å²) < 4.78 is 13.2. The Morgan fingerprint density at radius 1 is 1.25 bits per heavy atom. The van der Waals surface area contributed by atoms with Crippen LogP contribution in [0.1, 0.15) is 28.4 Å². The molecule has 3 aromatic rings. The van der Waals surface area contributed by atoms with Crippen molar-refractivity contribution in [2.75, 3.05) is 6.54 Å². The lowest BCUT2D eigenvalue weighted by Gasteiger charge is -2.25. The van der Waals surface area contributed by atoms with Crippen molar-refractivity contribution in [3.8, 4) is 0 Å². The predicted molar refractivity (Wildman–Crippen MR) is 86.9 cm³/mol. The lowest BCUT2D eigenvalue weighted by molar-refractivity contribution is 0.0718. The van der Waals surface area contributed by atoms with Crippen LogP contribution >= 0.6 is 0 Å². The van der Waals surface area contributed by atoms with Gasteiger partial charge in [0.05, 0.1) is 29.4 Å². The number of H-pyrrole nitrogens is 1. The first kappa shape index (κ1) is 14.8. The van der Waals surface area contributed by atoms with E-state index in [1.54, 1.807) is 35.4 Å². The maximum atomic E-state index is 13.2. The van der Waals surface area contributed by atoms with Crippen LogP contribution in [0.15, 0.2) is 48.7 Å². The van der Waals surface area contributed by atoms with Gasteiger partial charge in [-0.25, -0.2) is 4.39 Å². The number of benzene rings is 2. The highest BCUT2D eigenvalue weighted by Crippen LogP contribution is 2.34. The van der Waals surface area contributed by atoms with Crippen LogP contribution in [0.4, 0.5) is 4.39 Å². The molecule has 6 heteroatoms. The second-order valence-corrected chi connectivity index (χ2v) is 6.05. The number of nitrogens with one attached hydrogen (secondary N) is 1. The number of amides is 1. The van der Waals surface area contributed by atoms with Gasteiger partial charge in [-0.2, -0.15) is 5.10 Å². The normalized spacial score (nSPS) is 20.7. The van der Waals surface area contributed by atoms with Gasteiger partial charge < -0.3 is 10.0 Å². The average Bonchev–Trinajstić information content (AvgIpc) is 3.21. The van der Waals surface area contributed by atoms with Gasteiger partial charge in [-0.15, -0.1) is 0 Å². The van der Waals surface area contributed by atoms with E-state index >= 15 is 0 Å². The topological polar surface area (TPSA) is 69.2 Å². The molecule has 2 aromatic carbocycles. The summed E-state index contributed by atoms with van der Waals surface area (Å²) in [5, 5.41) is 17.7. The summed E-state index contributed by atoms with van der Waals surface area (Å²) in [6.45, 7) is 0.259. The Bertz CT molecular complexity index is 891. The monoisotopic (exact) mass is 325 g/mol. The second kappa shape index (κ2) is 5.72. The van der Waals surface area contributed by atoms with E-state index in [1.807, 2.05) is 6.07 Å². The molecule has 2 heterocycles. The van der Waals surface area contributed by atoms with Crippen LogP contribution < -0.4 is 0 Å². The number of aromatic nitrogens is 2. The third kappa shape index (κ3) is 2.45. The number of halogens is 1. The molecule has 1 saturated heterocycles. The van der Waals surface area contributed by atoms with Crippen LogP contribution in [-0.2, 0) is 0 Å². The molecule has 0 saturated carbocycles. The number of carbonyl (C=O) groups is 1. The lowest BCUT2D eigenvalue weighted by atomic mass is 10.0. The minimum atomic E-state index is -0.590. The molecule has 4 rings (SSSR count). The summed E-state index contributed by atoms with van der Waals surface area (Å²) in [5.41, 5.74) is 2.15. The van der Waals surface area contributed by atoms with Crippen LogP contribution in [0.5, 0.6) is 0 Å². The number of likely N-dealkylation sites (tertiary alicyclic amines) is 1. The summed E-state index contributed by atoms with van der Waals surface area (Å²) in [6.07, 6.45) is 1.48. The number of hydrogen-bond acceptors (Lipinski definition) is 3. The molecular formula is C18H16FN3O2. The van der Waals surface area contributed by atoms with Crippen LogP contribution in [0.2, 0.25) is 0 Å². The molecule has 1 amide bonds. The molecule has 0 aliphatic carbocycles. The standard InChI is InChI=1S/C18H16FN3O2/c19-12-6-4-11(5-7-12)17-8-13(23)10-22(17)18(24)14-2-1-3-16-15(14)9-20-21-16/h1-7,9,13,17,23H,8,10H2,(H,20,21)/t13-,17+/m1/s1. The summed E-state index contributed by atoms with van der Waals surface area (Å²) in [4.78, 5) is 14.7. The van der Waals surface area contributed by atoms with E-state index in [0.717, 1.165) is 16.5 Å². The molecular weight excluding hydrogens is 309 g/mol. The number of carbonyl (C=O) groups excluding carboxylic acids is 1. The first-order valence-electron chi connectivity index (χ1n) is 7.80. The number of hydrogen-bond donors (Lipinski definition) is 2. The van der Waals surface area contributed by atoms with Crippen LogP contribution in [0.25, 0.3) is 10.9 Å². The molecule has 1 aliphatic heterocycles. The SMILES string of the molecule is O=C(c1cccc2[nH]ncc12)N1C[C@H](O)C[C@H]1c1ccc(F)cc1. The minimum Gasteiger partial charge on any atom is -0.391 e. The molecule has 0 unspecified atom stereocenters. The van der Waals surface area contributed by atoms with Crippen molar-refractivity contribution < 1.29 is 14.3 Å². The van der Waals surface area contributed by atoms with Crippen molar-refractivity contribution in [3.63, 3.8) is 0 Å². The molecule has 2 N–H and O–H groups in total. The van der Waals surface area contributed by atoms with Crippen molar-refractivity contribution in [2.24, 2.45) is 0 Å². The van der Waals surface area contributed by atoms with E-state index < -0.39 is 6.10 Å². The Morgan fingerprint density at radius 2 is 2.04 bits per heavy atom. The lowest BCUT2D eigenvalue weighted by Crippen LogP contribution is -2.31. The van der Waals surface area contributed by atoms with Gasteiger partial charge in [-0.1, -0.05) is 18.2 Å². The number of aliphatic hydroxyl groups is 1. The number of aliphatic hydroxyl groups excluding tert-OH is 1. The second-order valence-electron chi connectivity index (χ2n) is 6.05. The number of β-amino-alcohol motifs (C(OH)–C–C–N with tert-alkyl or cyclic N) is 1. The molecule has 1 aliphatic rings. The van der Waals surface area contributed by atoms with E-state index in [9.17, 15) is 14.3 Å². The summed E-state index contributed by atoms with van der Waals surface area (Å²) in [5.74, 6) is -0.480. The van der Waals surface area contributed by atoms with Crippen molar-refractivity contribution in [1.29, 1.82) is 0 Å². The fraction of sp³-hybridized carbons (Fsp3) is 0.222. The van der Waals surface area contributed by atoms with Gasteiger partial charge in [0.1, 0.15) is 5.82 Å². The highest BCUT2D eigenvalue weighted by Gasteiger charge is 2.36. The molecule has 122 valence electrons. The van der Waals surface area contributed by atoms with Gasteiger partial charge in [0.15, 0.2) is 0 Å². The molecule has 1 aromatic heterocycles. The summed E-state index contributed by atoms with van der Waals surface area (Å²) in [7, 11) is 0. The predicted octanol–water partition coefficient (Wildman–Crippen LogP) is 2.65. The van der Waals surface area contributed by atoms with E-state index in [1.165, 1.54) is 12.1 Å². The van der Waals surface area contributed by atoms with Crippen LogP contribution in [-0.4, -0.2) is 38.8 Å². The molecule has 0 spiro atoms. The number of fused-ring (bicyclic) bond motifs is 1. The third-order valence-electron chi connectivity index (χ3n) is 4.51. The average molecular weight is 325 g/mol. The highest BCUT2D eigenvalue weighted by molar-refractivity contribution is 6.06. The van der Waals surface area contributed by atoms with Crippen molar-refractivity contribution in [2.45, 2.75) is 18.6 Å². The van der Waals surface area contributed by atoms with E-state index in [2.05, 4.69) is 10.2 Å². The van der Waals surface area contributed by atoms with Gasteiger partial charge in [0, 0.05) is 11.9 Å². The Balaban J connectivity index is 1.72. The zero-order valence-electron chi connectivity index (χ0n) is 12.8. The summed E-state index contributed by atoms with van der Waals surface area (Å²) in [6, 6.07) is 11.2. The van der Waals surface area contributed by atoms with Crippen molar-refractivity contribution in [3.05, 3.63) is 65.6 Å². The Labute approximate surface area is 137 Å². The first-order chi connectivity index (χ1) is 11.6. The Morgan fingerprint density at radius 3 is 2.83 bits per heavy atom. The molecule has 0 radical (unpaired) electrons. The molecule has 1 fully saturated rings. The van der Waals surface area contributed by atoms with Crippen LogP contribution in [0, 0.1) is 5.82 Å². The van der Waals surface area contributed by atoms with Gasteiger partial charge in [0.25, 0.3) is 5.91 Å². The summed E-state index contributed by atoms with van der Waals surface area (Å²) >= 11 is 0. The molecule has 0 bridgehead atoms. The zero-order valence-corrected chi connectivity index (χ0v) is 12.8. The molecule has 5 nitrogen and oxygen atoms in total. The van der Waals surface area contributed by atoms with E-state index in [0.29, 0.717) is 12.0 Å². The first-order valence-corrected chi connectivity index (χ1v) is 7.80. The van der Waals surface area contributed by atoms with Crippen molar-refractivity contribution >= 4 is 16.8 Å². The Kier molecular flexibility index (Phi) is 3.54. The molecule has 24 heavy (non-hydrogen) atoms. The van der Waals surface area contributed by atoms with Gasteiger partial charge in [0.2, 0.25) is 0 Å². The maximum absolute atomic E-state index is 13.2. The fourth-order valence-electron chi connectivity index (χ4n) is 3.35. The van der Waals surface area contributed by atoms with Crippen LogP contribution in [0.3, 0.4) is 0 Å². The zero-order chi connectivity index (χ0) is 16.7.